The lowest BCUT2D eigenvalue weighted by Crippen LogP contribution is -2.39. The average molecular weight is 328 g/mol. The van der Waals surface area contributed by atoms with Gasteiger partial charge in [-0.05, 0) is 30.0 Å². The van der Waals surface area contributed by atoms with E-state index < -0.39 is 0 Å². The summed E-state index contributed by atoms with van der Waals surface area (Å²) in [7, 11) is 0. The summed E-state index contributed by atoms with van der Waals surface area (Å²) in [6.45, 7) is 0.607. The first kappa shape index (κ1) is 16.1. The van der Waals surface area contributed by atoms with Crippen LogP contribution in [0, 0.1) is 0 Å². The Morgan fingerprint density at radius 1 is 1.00 bits per heavy atom. The van der Waals surface area contributed by atoms with Crippen molar-refractivity contribution in [2.45, 2.75) is 44.7 Å². The van der Waals surface area contributed by atoms with Crippen LogP contribution in [0.5, 0.6) is 0 Å². The van der Waals surface area contributed by atoms with Crippen LogP contribution in [0.1, 0.15) is 36.8 Å². The molecule has 3 rings (SSSR count). The number of hydrogen-bond acceptors (Lipinski definition) is 1. The molecule has 23 heavy (non-hydrogen) atoms. The van der Waals surface area contributed by atoms with Gasteiger partial charge in [-0.3, -0.25) is 4.79 Å². The molecule has 0 bridgehead atoms. The molecule has 0 heterocycles. The number of amides is 1. The first-order chi connectivity index (χ1) is 11.2. The number of halogens is 1. The van der Waals surface area contributed by atoms with E-state index in [2.05, 4.69) is 0 Å². The third-order valence-electron chi connectivity index (χ3n) is 4.58. The highest BCUT2D eigenvalue weighted by Crippen LogP contribution is 2.27. The third-order valence-corrected chi connectivity index (χ3v) is 4.95. The van der Waals surface area contributed by atoms with Gasteiger partial charge in [-0.15, -0.1) is 0 Å². The molecule has 2 nitrogen and oxygen atoms in total. The van der Waals surface area contributed by atoms with E-state index in [4.69, 9.17) is 11.6 Å². The molecule has 1 aliphatic rings. The number of nitrogens with zero attached hydrogens (tertiary/aromatic N) is 1. The molecule has 1 amide bonds. The van der Waals surface area contributed by atoms with Crippen molar-refractivity contribution in [1.29, 1.82) is 0 Å². The summed E-state index contributed by atoms with van der Waals surface area (Å²) < 4.78 is 0. The second-order valence-corrected chi connectivity index (χ2v) is 6.62. The van der Waals surface area contributed by atoms with Crippen LogP contribution in [-0.4, -0.2) is 16.8 Å². The summed E-state index contributed by atoms with van der Waals surface area (Å²) in [5.41, 5.74) is 2.10. The lowest BCUT2D eigenvalue weighted by Gasteiger charge is -2.29. The molecule has 0 aliphatic heterocycles. The van der Waals surface area contributed by atoms with Crippen molar-refractivity contribution >= 4 is 17.5 Å². The molecule has 0 saturated heterocycles. The van der Waals surface area contributed by atoms with E-state index in [9.17, 15) is 4.79 Å². The zero-order valence-electron chi connectivity index (χ0n) is 13.2. The summed E-state index contributed by atoms with van der Waals surface area (Å²) in [6.07, 6.45) is 5.09. The van der Waals surface area contributed by atoms with Crippen molar-refractivity contribution in [1.82, 2.24) is 4.90 Å². The summed E-state index contributed by atoms with van der Waals surface area (Å²) >= 11 is 6.30. The smallest absolute Gasteiger partial charge is 0.227 e. The summed E-state index contributed by atoms with van der Waals surface area (Å²) in [5, 5.41) is 0.739. The summed E-state index contributed by atoms with van der Waals surface area (Å²) in [6, 6.07) is 18.1. The largest absolute Gasteiger partial charge is 0.335 e. The molecule has 2 aromatic carbocycles. The molecule has 0 atom stereocenters. The minimum Gasteiger partial charge on any atom is -0.335 e. The van der Waals surface area contributed by atoms with Crippen LogP contribution in [0.3, 0.4) is 0 Å². The molecule has 3 heteroatoms. The van der Waals surface area contributed by atoms with Crippen LogP contribution in [0.2, 0.25) is 5.02 Å². The lowest BCUT2D eigenvalue weighted by atomic mass is 10.1. The Hall–Kier alpha value is -1.80. The van der Waals surface area contributed by atoms with Crippen LogP contribution in [0.15, 0.2) is 54.6 Å². The maximum Gasteiger partial charge on any atom is 0.227 e. The van der Waals surface area contributed by atoms with E-state index in [-0.39, 0.29) is 5.91 Å². The van der Waals surface area contributed by atoms with Crippen LogP contribution >= 0.6 is 11.6 Å². The van der Waals surface area contributed by atoms with Gasteiger partial charge in [0, 0.05) is 17.6 Å². The number of hydrogen-bond donors (Lipinski definition) is 0. The van der Waals surface area contributed by atoms with Crippen LogP contribution in [0.4, 0.5) is 0 Å². The van der Waals surface area contributed by atoms with Gasteiger partial charge in [0.25, 0.3) is 0 Å². The maximum absolute atomic E-state index is 12.9. The predicted octanol–water partition coefficient (Wildman–Crippen LogP) is 4.85. The normalized spacial score (nSPS) is 14.8. The van der Waals surface area contributed by atoms with Gasteiger partial charge in [-0.25, -0.2) is 0 Å². The molecular formula is C20H22ClNO. The van der Waals surface area contributed by atoms with Gasteiger partial charge in [0.1, 0.15) is 0 Å². The van der Waals surface area contributed by atoms with Crippen molar-refractivity contribution in [2.75, 3.05) is 0 Å². The Balaban J connectivity index is 1.78. The Labute approximate surface area is 143 Å². The van der Waals surface area contributed by atoms with Crippen molar-refractivity contribution in [3.8, 4) is 0 Å². The highest BCUT2D eigenvalue weighted by atomic mass is 35.5. The van der Waals surface area contributed by atoms with E-state index in [1.165, 1.54) is 12.8 Å². The highest BCUT2D eigenvalue weighted by molar-refractivity contribution is 6.31. The van der Waals surface area contributed by atoms with Crippen LogP contribution in [0.25, 0.3) is 0 Å². The van der Waals surface area contributed by atoms with E-state index in [0.29, 0.717) is 19.0 Å². The molecule has 0 unspecified atom stereocenters. The lowest BCUT2D eigenvalue weighted by molar-refractivity contribution is -0.133. The summed E-state index contributed by atoms with van der Waals surface area (Å²) in [5.74, 6) is 0.197. The molecule has 120 valence electrons. The van der Waals surface area contributed by atoms with Gasteiger partial charge >= 0.3 is 0 Å². The first-order valence-electron chi connectivity index (χ1n) is 8.31. The van der Waals surface area contributed by atoms with Crippen molar-refractivity contribution in [3.05, 3.63) is 70.7 Å². The number of carbonyl (C=O) groups excluding carboxylic acids is 1. The molecular weight excluding hydrogens is 306 g/mol. The van der Waals surface area contributed by atoms with Crippen molar-refractivity contribution < 1.29 is 4.79 Å². The number of rotatable bonds is 5. The van der Waals surface area contributed by atoms with Gasteiger partial charge in [-0.1, -0.05) is 73.0 Å². The highest BCUT2D eigenvalue weighted by Gasteiger charge is 2.27. The van der Waals surface area contributed by atoms with E-state index in [1.807, 2.05) is 59.5 Å². The predicted molar refractivity (Wildman–Crippen MR) is 94.4 cm³/mol. The fourth-order valence-electron chi connectivity index (χ4n) is 3.32. The van der Waals surface area contributed by atoms with Gasteiger partial charge < -0.3 is 4.90 Å². The molecule has 1 aliphatic carbocycles. The van der Waals surface area contributed by atoms with Gasteiger partial charge in [-0.2, -0.15) is 0 Å². The topological polar surface area (TPSA) is 20.3 Å². The maximum atomic E-state index is 12.9. The zero-order valence-corrected chi connectivity index (χ0v) is 14.0. The van der Waals surface area contributed by atoms with E-state index in [0.717, 1.165) is 29.0 Å². The van der Waals surface area contributed by atoms with Gasteiger partial charge in [0.2, 0.25) is 5.91 Å². The second kappa shape index (κ2) is 7.65. The Morgan fingerprint density at radius 2 is 1.65 bits per heavy atom. The quantitative estimate of drug-likeness (QED) is 0.768. The fraction of sp³-hybridized carbons (Fsp3) is 0.350. The molecule has 2 aromatic rings. The van der Waals surface area contributed by atoms with E-state index >= 15 is 0 Å². The standard InChI is InChI=1S/C20H22ClNO/c21-19-13-7-4-10-17(19)15-22(18-11-5-6-12-18)20(23)14-16-8-2-1-3-9-16/h1-4,7-10,13,18H,5-6,11-12,14-15H2. The fourth-order valence-corrected chi connectivity index (χ4v) is 3.51. The third kappa shape index (κ3) is 4.14. The molecule has 0 radical (unpaired) electrons. The van der Waals surface area contributed by atoms with Gasteiger partial charge in [0.15, 0.2) is 0 Å². The Kier molecular flexibility index (Phi) is 5.35. The van der Waals surface area contributed by atoms with Crippen molar-refractivity contribution in [2.24, 2.45) is 0 Å². The van der Waals surface area contributed by atoms with Crippen LogP contribution in [-0.2, 0) is 17.8 Å². The minimum atomic E-state index is 0.197. The molecule has 0 spiro atoms. The summed E-state index contributed by atoms with van der Waals surface area (Å²) in [4.78, 5) is 14.9. The second-order valence-electron chi connectivity index (χ2n) is 6.21. The molecule has 0 aromatic heterocycles. The monoisotopic (exact) mass is 327 g/mol. The SMILES string of the molecule is O=C(Cc1ccccc1)N(Cc1ccccc1Cl)C1CCCC1. The van der Waals surface area contributed by atoms with E-state index in [1.54, 1.807) is 0 Å². The minimum absolute atomic E-state index is 0.197. The van der Waals surface area contributed by atoms with Gasteiger partial charge in [0.05, 0.1) is 6.42 Å². The zero-order chi connectivity index (χ0) is 16.1. The van der Waals surface area contributed by atoms with Crippen LogP contribution < -0.4 is 0 Å². The average Bonchev–Trinajstić information content (AvgIpc) is 3.09. The Bertz CT molecular complexity index is 650. The Morgan fingerprint density at radius 3 is 2.35 bits per heavy atom. The molecule has 0 N–H and O–H groups in total. The number of carbonyl (C=O) groups is 1. The number of benzene rings is 2. The molecule has 1 fully saturated rings. The first-order valence-corrected chi connectivity index (χ1v) is 8.68. The molecule has 1 saturated carbocycles. The van der Waals surface area contributed by atoms with Crippen molar-refractivity contribution in [3.63, 3.8) is 0 Å².